The van der Waals surface area contributed by atoms with Crippen LogP contribution < -0.4 is 11.5 Å². The Morgan fingerprint density at radius 3 is 2.10 bits per heavy atom. The van der Waals surface area contributed by atoms with Gasteiger partial charge in [0, 0.05) is 5.54 Å². The third-order valence-corrected chi connectivity index (χ3v) is 1.53. The highest BCUT2D eigenvalue weighted by Gasteiger charge is 2.08. The Morgan fingerprint density at radius 2 is 1.70 bits per heavy atom. The van der Waals surface area contributed by atoms with E-state index in [9.17, 15) is 0 Å². The Morgan fingerprint density at radius 1 is 1.10 bits per heavy atom. The van der Waals surface area contributed by atoms with Crippen LogP contribution >= 0.6 is 0 Å². The van der Waals surface area contributed by atoms with E-state index in [4.69, 9.17) is 11.5 Å². The smallest absolute Gasteiger partial charge is 0.00970 e. The van der Waals surface area contributed by atoms with E-state index in [0.29, 0.717) is 0 Å². The summed E-state index contributed by atoms with van der Waals surface area (Å²) in [4.78, 5) is 0. The number of rotatable bonds is 5. The van der Waals surface area contributed by atoms with Crippen LogP contribution in [0.15, 0.2) is 0 Å². The molecule has 0 bridgehead atoms. The van der Waals surface area contributed by atoms with E-state index in [-0.39, 0.29) is 5.54 Å². The highest BCUT2D eigenvalue weighted by atomic mass is 14.7. The summed E-state index contributed by atoms with van der Waals surface area (Å²) in [6, 6.07) is 0. The molecular weight excluding hydrogens is 124 g/mol. The van der Waals surface area contributed by atoms with Crippen molar-refractivity contribution in [2.45, 2.75) is 45.1 Å². The van der Waals surface area contributed by atoms with Crippen molar-refractivity contribution in [3.05, 3.63) is 0 Å². The maximum atomic E-state index is 5.79. The van der Waals surface area contributed by atoms with E-state index < -0.39 is 0 Å². The van der Waals surface area contributed by atoms with E-state index in [2.05, 4.69) is 13.8 Å². The van der Waals surface area contributed by atoms with Crippen LogP contribution in [-0.4, -0.2) is 12.1 Å². The summed E-state index contributed by atoms with van der Waals surface area (Å²) in [7, 11) is 0. The van der Waals surface area contributed by atoms with Gasteiger partial charge < -0.3 is 11.5 Å². The zero-order chi connectivity index (χ0) is 8.04. The van der Waals surface area contributed by atoms with Crippen molar-refractivity contribution in [1.29, 1.82) is 0 Å². The molecule has 0 aliphatic rings. The molecule has 0 aliphatic heterocycles. The molecule has 4 N–H and O–H groups in total. The van der Waals surface area contributed by atoms with Crippen molar-refractivity contribution in [2.75, 3.05) is 6.54 Å². The first-order chi connectivity index (χ1) is 4.56. The molecule has 0 fully saturated rings. The molecule has 0 aromatic heterocycles. The predicted octanol–water partition coefficient (Wildman–Crippen LogP) is 1.24. The molecule has 0 rings (SSSR count). The van der Waals surface area contributed by atoms with Gasteiger partial charge in [0.25, 0.3) is 0 Å². The topological polar surface area (TPSA) is 52.0 Å². The van der Waals surface area contributed by atoms with Gasteiger partial charge >= 0.3 is 0 Å². The third-order valence-electron chi connectivity index (χ3n) is 1.53. The van der Waals surface area contributed by atoms with Crippen molar-refractivity contribution < 1.29 is 0 Å². The van der Waals surface area contributed by atoms with Gasteiger partial charge in [0.15, 0.2) is 0 Å². The molecule has 0 spiro atoms. The molecule has 2 nitrogen and oxygen atoms in total. The van der Waals surface area contributed by atoms with Gasteiger partial charge in [-0.25, -0.2) is 0 Å². The van der Waals surface area contributed by atoms with Crippen molar-refractivity contribution in [2.24, 2.45) is 11.5 Å². The highest BCUT2D eigenvalue weighted by molar-refractivity contribution is 4.70. The molecule has 0 atom stereocenters. The summed E-state index contributed by atoms with van der Waals surface area (Å²) in [6.45, 7) is 4.94. The number of hydrogen-bond donors (Lipinski definition) is 2. The molecule has 0 aliphatic carbocycles. The lowest BCUT2D eigenvalue weighted by Crippen LogP contribution is -2.31. The number of nitrogens with two attached hydrogens (primary N) is 2. The van der Waals surface area contributed by atoms with Crippen LogP contribution in [0.1, 0.15) is 39.5 Å². The van der Waals surface area contributed by atoms with Gasteiger partial charge in [-0.3, -0.25) is 0 Å². The SMILES string of the molecule is CC(C)(N)CCCCCN. The lowest BCUT2D eigenvalue weighted by molar-refractivity contribution is 0.447. The van der Waals surface area contributed by atoms with Crippen molar-refractivity contribution >= 4 is 0 Å². The average molecular weight is 144 g/mol. The summed E-state index contributed by atoms with van der Waals surface area (Å²) in [5.74, 6) is 0. The first kappa shape index (κ1) is 9.92. The lowest BCUT2D eigenvalue weighted by Gasteiger charge is -2.17. The fourth-order valence-electron chi connectivity index (χ4n) is 0.902. The van der Waals surface area contributed by atoms with Gasteiger partial charge in [0.05, 0.1) is 0 Å². The van der Waals surface area contributed by atoms with Gasteiger partial charge in [0.1, 0.15) is 0 Å². The zero-order valence-corrected chi connectivity index (χ0v) is 7.19. The van der Waals surface area contributed by atoms with Crippen LogP contribution in [0.25, 0.3) is 0 Å². The van der Waals surface area contributed by atoms with Crippen LogP contribution in [0, 0.1) is 0 Å². The Bertz CT molecular complexity index is 73.8. The van der Waals surface area contributed by atoms with Gasteiger partial charge in [-0.05, 0) is 33.2 Å². The Labute approximate surface area is 64.0 Å². The standard InChI is InChI=1S/C8H20N2/c1-8(2,10)6-4-3-5-7-9/h3-7,9-10H2,1-2H3. The zero-order valence-electron chi connectivity index (χ0n) is 7.19. The summed E-state index contributed by atoms with van der Waals surface area (Å²) in [6.07, 6.45) is 4.67. The summed E-state index contributed by atoms with van der Waals surface area (Å²) < 4.78 is 0. The maximum absolute atomic E-state index is 5.79. The highest BCUT2D eigenvalue weighted by Crippen LogP contribution is 2.09. The predicted molar refractivity (Wildman–Crippen MR) is 45.8 cm³/mol. The minimum atomic E-state index is 0.00853. The third kappa shape index (κ3) is 7.92. The van der Waals surface area contributed by atoms with Gasteiger partial charge in [-0.15, -0.1) is 0 Å². The number of unbranched alkanes of at least 4 members (excludes halogenated alkanes) is 2. The molecule has 0 saturated heterocycles. The molecule has 10 heavy (non-hydrogen) atoms. The van der Waals surface area contributed by atoms with Gasteiger partial charge in [0.2, 0.25) is 0 Å². The van der Waals surface area contributed by atoms with Crippen LogP contribution in [-0.2, 0) is 0 Å². The van der Waals surface area contributed by atoms with Crippen LogP contribution in [0.2, 0.25) is 0 Å². The van der Waals surface area contributed by atoms with Crippen molar-refractivity contribution in [3.8, 4) is 0 Å². The second-order valence-electron chi connectivity index (χ2n) is 3.59. The molecular formula is C8H20N2. The molecule has 62 valence electrons. The summed E-state index contributed by atoms with van der Waals surface area (Å²) in [5, 5.41) is 0. The van der Waals surface area contributed by atoms with E-state index in [1.165, 1.54) is 12.8 Å². The van der Waals surface area contributed by atoms with E-state index in [1.54, 1.807) is 0 Å². The maximum Gasteiger partial charge on any atom is 0.00970 e. The van der Waals surface area contributed by atoms with Crippen molar-refractivity contribution in [3.63, 3.8) is 0 Å². The summed E-state index contributed by atoms with van der Waals surface area (Å²) in [5.41, 5.74) is 11.1. The van der Waals surface area contributed by atoms with Gasteiger partial charge in [-0.2, -0.15) is 0 Å². The summed E-state index contributed by atoms with van der Waals surface area (Å²) >= 11 is 0. The van der Waals surface area contributed by atoms with E-state index in [0.717, 1.165) is 19.4 Å². The van der Waals surface area contributed by atoms with E-state index in [1.807, 2.05) is 0 Å². The lowest BCUT2D eigenvalue weighted by atomic mass is 9.98. The molecule has 0 unspecified atom stereocenters. The largest absolute Gasteiger partial charge is 0.330 e. The van der Waals surface area contributed by atoms with Crippen LogP contribution in [0.3, 0.4) is 0 Å². The first-order valence-electron chi connectivity index (χ1n) is 4.05. The quantitative estimate of drug-likeness (QED) is 0.570. The monoisotopic (exact) mass is 144 g/mol. The fraction of sp³-hybridized carbons (Fsp3) is 1.00. The second kappa shape index (κ2) is 4.69. The minimum Gasteiger partial charge on any atom is -0.330 e. The molecule has 0 heterocycles. The average Bonchev–Trinajstić information content (AvgIpc) is 1.78. The molecule has 0 radical (unpaired) electrons. The Kier molecular flexibility index (Phi) is 4.65. The Balaban J connectivity index is 3.04. The fourth-order valence-corrected chi connectivity index (χ4v) is 0.902. The van der Waals surface area contributed by atoms with Gasteiger partial charge in [-0.1, -0.05) is 12.8 Å². The molecule has 0 aromatic carbocycles. The molecule has 0 aromatic rings. The molecule has 0 amide bonds. The van der Waals surface area contributed by atoms with E-state index >= 15 is 0 Å². The Hall–Kier alpha value is -0.0800. The normalized spacial score (nSPS) is 12.0. The van der Waals surface area contributed by atoms with Crippen LogP contribution in [0.5, 0.6) is 0 Å². The minimum absolute atomic E-state index is 0.00853. The van der Waals surface area contributed by atoms with Crippen LogP contribution in [0.4, 0.5) is 0 Å². The van der Waals surface area contributed by atoms with Crippen molar-refractivity contribution in [1.82, 2.24) is 0 Å². The molecule has 2 heteroatoms. The first-order valence-corrected chi connectivity index (χ1v) is 4.05. The molecule has 0 saturated carbocycles. The number of hydrogen-bond acceptors (Lipinski definition) is 2. The second-order valence-corrected chi connectivity index (χ2v) is 3.59.